The van der Waals surface area contributed by atoms with E-state index in [1.807, 2.05) is 32.9 Å². The second-order valence-corrected chi connectivity index (χ2v) is 8.23. The van der Waals surface area contributed by atoms with E-state index in [2.05, 4.69) is 5.32 Å². The highest BCUT2D eigenvalue weighted by molar-refractivity contribution is 7.92. The standard InChI is InChI=1S/C20H26N2O3S/c1-4-10-17(3)21-20(23)15-22(19-14-9-8-11-16(19)2)26(24,25)18-12-6-5-7-13-18/h5-9,11-14,17H,4,10,15H2,1-3H3,(H,21,23)/t17-/m0/s1. The SMILES string of the molecule is CCC[C@H](C)NC(=O)CN(c1ccccc1C)S(=O)(=O)c1ccccc1. The van der Waals surface area contributed by atoms with Crippen LogP contribution >= 0.6 is 0 Å². The third-order valence-electron chi connectivity index (χ3n) is 4.13. The van der Waals surface area contributed by atoms with Gasteiger partial charge in [0.25, 0.3) is 10.0 Å². The van der Waals surface area contributed by atoms with Crippen molar-refractivity contribution in [3.05, 3.63) is 60.2 Å². The minimum Gasteiger partial charge on any atom is -0.352 e. The normalized spacial score (nSPS) is 12.4. The molecule has 0 unspecified atom stereocenters. The minimum absolute atomic E-state index is 0.00523. The van der Waals surface area contributed by atoms with E-state index in [1.165, 1.54) is 16.4 Å². The number of anilines is 1. The van der Waals surface area contributed by atoms with Gasteiger partial charge in [0, 0.05) is 6.04 Å². The summed E-state index contributed by atoms with van der Waals surface area (Å²) in [4.78, 5) is 12.6. The topological polar surface area (TPSA) is 66.5 Å². The summed E-state index contributed by atoms with van der Waals surface area (Å²) in [6.07, 6.45) is 1.80. The van der Waals surface area contributed by atoms with Gasteiger partial charge in [-0.05, 0) is 44.0 Å². The Morgan fingerprint density at radius 3 is 2.31 bits per heavy atom. The number of amides is 1. The second-order valence-electron chi connectivity index (χ2n) is 6.37. The van der Waals surface area contributed by atoms with Crippen molar-refractivity contribution in [2.45, 2.75) is 44.6 Å². The van der Waals surface area contributed by atoms with Crippen molar-refractivity contribution in [3.63, 3.8) is 0 Å². The van der Waals surface area contributed by atoms with Crippen molar-refractivity contribution in [2.24, 2.45) is 0 Å². The quantitative estimate of drug-likeness (QED) is 0.769. The van der Waals surface area contributed by atoms with Gasteiger partial charge in [-0.3, -0.25) is 9.10 Å². The summed E-state index contributed by atoms with van der Waals surface area (Å²) in [7, 11) is -3.85. The highest BCUT2D eigenvalue weighted by Crippen LogP contribution is 2.26. The van der Waals surface area contributed by atoms with Crippen LogP contribution in [0.3, 0.4) is 0 Å². The zero-order valence-electron chi connectivity index (χ0n) is 15.5. The molecule has 1 atom stereocenters. The third-order valence-corrected chi connectivity index (χ3v) is 5.91. The summed E-state index contributed by atoms with van der Waals surface area (Å²) < 4.78 is 27.5. The van der Waals surface area contributed by atoms with Crippen LogP contribution in [0.4, 0.5) is 5.69 Å². The highest BCUT2D eigenvalue weighted by Gasteiger charge is 2.28. The molecule has 2 aromatic carbocycles. The van der Waals surface area contributed by atoms with Crippen molar-refractivity contribution in [1.82, 2.24) is 5.32 Å². The minimum atomic E-state index is -3.85. The van der Waals surface area contributed by atoms with Gasteiger partial charge in [0.1, 0.15) is 6.54 Å². The number of carbonyl (C=O) groups excluding carboxylic acids is 1. The zero-order valence-corrected chi connectivity index (χ0v) is 16.3. The van der Waals surface area contributed by atoms with E-state index >= 15 is 0 Å². The predicted molar refractivity (Wildman–Crippen MR) is 105 cm³/mol. The number of rotatable bonds is 8. The molecule has 2 aromatic rings. The lowest BCUT2D eigenvalue weighted by atomic mass is 10.2. The summed E-state index contributed by atoms with van der Waals surface area (Å²) in [6.45, 7) is 5.55. The molecule has 0 spiro atoms. The van der Waals surface area contributed by atoms with Crippen molar-refractivity contribution in [3.8, 4) is 0 Å². The van der Waals surface area contributed by atoms with E-state index in [-0.39, 0.29) is 23.4 Å². The van der Waals surface area contributed by atoms with Crippen molar-refractivity contribution in [2.75, 3.05) is 10.8 Å². The van der Waals surface area contributed by atoms with E-state index in [0.717, 1.165) is 18.4 Å². The fraction of sp³-hybridized carbons (Fsp3) is 0.350. The van der Waals surface area contributed by atoms with Crippen LogP contribution in [-0.2, 0) is 14.8 Å². The Balaban J connectivity index is 2.38. The molecule has 1 N–H and O–H groups in total. The summed E-state index contributed by atoms with van der Waals surface area (Å²) in [5.41, 5.74) is 1.30. The average Bonchev–Trinajstić information content (AvgIpc) is 2.61. The molecule has 0 aromatic heterocycles. The smallest absolute Gasteiger partial charge is 0.264 e. The molecule has 0 fully saturated rings. The van der Waals surface area contributed by atoms with Gasteiger partial charge in [-0.25, -0.2) is 8.42 Å². The number of nitrogens with zero attached hydrogens (tertiary/aromatic N) is 1. The van der Waals surface area contributed by atoms with Crippen LogP contribution in [-0.4, -0.2) is 26.9 Å². The number of aryl methyl sites for hydroxylation is 1. The number of para-hydroxylation sites is 1. The molecule has 2 rings (SSSR count). The maximum atomic E-state index is 13.2. The van der Waals surface area contributed by atoms with Gasteiger partial charge in [0.15, 0.2) is 0 Å². The number of benzene rings is 2. The van der Waals surface area contributed by atoms with Crippen LogP contribution in [0.1, 0.15) is 32.3 Å². The van der Waals surface area contributed by atoms with Gasteiger partial charge in [-0.15, -0.1) is 0 Å². The summed E-state index contributed by atoms with van der Waals surface area (Å²) in [5, 5.41) is 2.88. The molecule has 0 bridgehead atoms. The van der Waals surface area contributed by atoms with Crippen LogP contribution in [0, 0.1) is 6.92 Å². The largest absolute Gasteiger partial charge is 0.352 e. The lowest BCUT2D eigenvalue weighted by Gasteiger charge is -2.26. The van der Waals surface area contributed by atoms with Gasteiger partial charge in [0.2, 0.25) is 5.91 Å². The maximum absolute atomic E-state index is 13.2. The lowest BCUT2D eigenvalue weighted by Crippen LogP contribution is -2.43. The number of nitrogens with one attached hydrogen (secondary N) is 1. The van der Waals surface area contributed by atoms with E-state index < -0.39 is 10.0 Å². The number of hydrogen-bond acceptors (Lipinski definition) is 3. The van der Waals surface area contributed by atoms with Crippen molar-refractivity contribution >= 4 is 21.6 Å². The second kappa shape index (κ2) is 8.85. The van der Waals surface area contributed by atoms with Crippen LogP contribution in [0.15, 0.2) is 59.5 Å². The van der Waals surface area contributed by atoms with Gasteiger partial charge < -0.3 is 5.32 Å². The van der Waals surface area contributed by atoms with Gasteiger partial charge in [-0.1, -0.05) is 49.7 Å². The average molecular weight is 375 g/mol. The maximum Gasteiger partial charge on any atom is 0.264 e. The van der Waals surface area contributed by atoms with E-state index in [9.17, 15) is 13.2 Å². The molecule has 0 aliphatic heterocycles. The molecule has 0 radical (unpaired) electrons. The fourth-order valence-corrected chi connectivity index (χ4v) is 4.33. The Labute approximate surface area is 156 Å². The summed E-state index contributed by atoms with van der Waals surface area (Å²) >= 11 is 0. The fourth-order valence-electron chi connectivity index (χ4n) is 2.82. The number of hydrogen-bond donors (Lipinski definition) is 1. The zero-order chi connectivity index (χ0) is 19.2. The van der Waals surface area contributed by atoms with E-state index in [4.69, 9.17) is 0 Å². The molecule has 1 amide bonds. The van der Waals surface area contributed by atoms with Gasteiger partial charge >= 0.3 is 0 Å². The Kier molecular flexibility index (Phi) is 6.80. The molecular formula is C20H26N2O3S. The predicted octanol–water partition coefficient (Wildman–Crippen LogP) is 3.50. The van der Waals surface area contributed by atoms with Crippen LogP contribution in [0.2, 0.25) is 0 Å². The molecule has 5 nitrogen and oxygen atoms in total. The molecule has 0 heterocycles. The van der Waals surface area contributed by atoms with Crippen LogP contribution < -0.4 is 9.62 Å². The third kappa shape index (κ3) is 4.85. The molecule has 26 heavy (non-hydrogen) atoms. The Morgan fingerprint density at radius 1 is 1.08 bits per heavy atom. The van der Waals surface area contributed by atoms with Crippen LogP contribution in [0.25, 0.3) is 0 Å². The number of sulfonamides is 1. The first kappa shape index (κ1) is 20.0. The summed E-state index contributed by atoms with van der Waals surface area (Å²) in [5.74, 6) is -0.311. The van der Waals surface area contributed by atoms with Crippen molar-refractivity contribution < 1.29 is 13.2 Å². The van der Waals surface area contributed by atoms with Gasteiger partial charge in [-0.2, -0.15) is 0 Å². The Morgan fingerprint density at radius 2 is 1.69 bits per heavy atom. The Hall–Kier alpha value is -2.34. The molecule has 0 aliphatic carbocycles. The highest BCUT2D eigenvalue weighted by atomic mass is 32.2. The van der Waals surface area contributed by atoms with Crippen LogP contribution in [0.5, 0.6) is 0 Å². The first-order valence-electron chi connectivity index (χ1n) is 8.79. The molecule has 0 saturated carbocycles. The molecule has 6 heteroatoms. The molecule has 0 aliphatic rings. The first-order valence-corrected chi connectivity index (χ1v) is 10.2. The Bertz CT molecular complexity index is 835. The molecule has 140 valence electrons. The molecule has 0 saturated heterocycles. The lowest BCUT2D eigenvalue weighted by molar-refractivity contribution is -0.120. The number of carbonyl (C=O) groups is 1. The monoisotopic (exact) mass is 374 g/mol. The van der Waals surface area contributed by atoms with Gasteiger partial charge in [0.05, 0.1) is 10.6 Å². The van der Waals surface area contributed by atoms with E-state index in [0.29, 0.717) is 5.69 Å². The summed E-state index contributed by atoms with van der Waals surface area (Å²) in [6, 6.07) is 15.4. The van der Waals surface area contributed by atoms with E-state index in [1.54, 1.807) is 30.3 Å². The van der Waals surface area contributed by atoms with Crippen molar-refractivity contribution in [1.29, 1.82) is 0 Å². The first-order chi connectivity index (χ1) is 12.4. The molecular weight excluding hydrogens is 348 g/mol.